The second kappa shape index (κ2) is 5.46. The van der Waals surface area contributed by atoms with Crippen LogP contribution in [-0.4, -0.2) is 22.7 Å². The summed E-state index contributed by atoms with van der Waals surface area (Å²) in [5, 5.41) is 9.67. The Morgan fingerprint density at radius 2 is 2.33 bits per heavy atom. The van der Waals surface area contributed by atoms with Gasteiger partial charge in [0.25, 0.3) is 0 Å². The lowest BCUT2D eigenvalue weighted by molar-refractivity contribution is -0.145. The lowest BCUT2D eigenvalue weighted by atomic mass is 10.1. The van der Waals surface area contributed by atoms with Crippen molar-refractivity contribution in [1.29, 1.82) is 0 Å². The van der Waals surface area contributed by atoms with Crippen molar-refractivity contribution in [1.82, 2.24) is 4.98 Å². The van der Waals surface area contributed by atoms with Crippen LogP contribution in [0.4, 0.5) is 0 Å². The van der Waals surface area contributed by atoms with Gasteiger partial charge in [0.05, 0.1) is 19.1 Å². The van der Waals surface area contributed by atoms with Gasteiger partial charge in [0.15, 0.2) is 0 Å². The number of pyridine rings is 1. The molecule has 0 aromatic carbocycles. The first-order chi connectivity index (χ1) is 7.13. The molecule has 0 spiro atoms. The largest absolute Gasteiger partial charge is 0.466 e. The molecule has 1 unspecified atom stereocenters. The number of aliphatic hydroxyl groups is 1. The van der Waals surface area contributed by atoms with E-state index in [4.69, 9.17) is 4.74 Å². The summed E-state index contributed by atoms with van der Waals surface area (Å²) in [4.78, 5) is 15.1. The molecule has 0 aliphatic carbocycles. The van der Waals surface area contributed by atoms with Crippen LogP contribution in [0.25, 0.3) is 0 Å². The van der Waals surface area contributed by atoms with Gasteiger partial charge in [0.1, 0.15) is 0 Å². The summed E-state index contributed by atoms with van der Waals surface area (Å²) in [5.41, 5.74) is 1.51. The fourth-order valence-electron chi connectivity index (χ4n) is 1.17. The summed E-state index contributed by atoms with van der Waals surface area (Å²) < 4.78 is 4.74. The molecule has 0 bridgehead atoms. The van der Waals surface area contributed by atoms with E-state index in [0.29, 0.717) is 12.2 Å². The summed E-state index contributed by atoms with van der Waals surface area (Å²) >= 11 is 0. The molecule has 1 N–H and O–H groups in total. The van der Waals surface area contributed by atoms with Crippen LogP contribution in [0.5, 0.6) is 0 Å². The Hall–Kier alpha value is -1.42. The molecule has 0 fully saturated rings. The van der Waals surface area contributed by atoms with E-state index < -0.39 is 12.1 Å². The Labute approximate surface area is 88.9 Å². The first-order valence-corrected chi connectivity index (χ1v) is 4.89. The molecular formula is C11H15NO3. The molecule has 1 atom stereocenters. The second-order valence-electron chi connectivity index (χ2n) is 3.26. The zero-order valence-corrected chi connectivity index (χ0v) is 8.93. The van der Waals surface area contributed by atoms with Gasteiger partial charge in [-0.3, -0.25) is 9.78 Å². The molecule has 15 heavy (non-hydrogen) atoms. The number of esters is 1. The van der Waals surface area contributed by atoms with Crippen molar-refractivity contribution in [2.45, 2.75) is 26.4 Å². The smallest absolute Gasteiger partial charge is 0.308 e. The van der Waals surface area contributed by atoms with Crippen LogP contribution in [0.1, 0.15) is 30.7 Å². The third-order valence-corrected chi connectivity index (χ3v) is 1.98. The molecule has 0 aliphatic rings. The molecule has 82 valence electrons. The molecule has 0 saturated carbocycles. The van der Waals surface area contributed by atoms with Crippen molar-refractivity contribution in [3.63, 3.8) is 0 Å². The molecule has 0 amide bonds. The minimum absolute atomic E-state index is 0.0292. The molecule has 0 aliphatic heterocycles. The van der Waals surface area contributed by atoms with Crippen LogP contribution in [-0.2, 0) is 9.53 Å². The molecule has 1 heterocycles. The minimum atomic E-state index is -0.836. The fourth-order valence-corrected chi connectivity index (χ4v) is 1.17. The van der Waals surface area contributed by atoms with Gasteiger partial charge in [0, 0.05) is 11.9 Å². The van der Waals surface area contributed by atoms with Crippen LogP contribution in [0.2, 0.25) is 0 Å². The Morgan fingerprint density at radius 1 is 1.60 bits per heavy atom. The average molecular weight is 209 g/mol. The first-order valence-electron chi connectivity index (χ1n) is 4.89. The Morgan fingerprint density at radius 3 is 2.87 bits per heavy atom. The van der Waals surface area contributed by atoms with Gasteiger partial charge >= 0.3 is 5.97 Å². The number of aliphatic hydroxyl groups excluding tert-OH is 1. The van der Waals surface area contributed by atoms with E-state index in [1.54, 1.807) is 25.3 Å². The highest BCUT2D eigenvalue weighted by Crippen LogP contribution is 2.16. The topological polar surface area (TPSA) is 59.4 Å². The summed E-state index contributed by atoms with van der Waals surface area (Å²) in [6.07, 6.45) is 0.704. The average Bonchev–Trinajstić information content (AvgIpc) is 2.18. The molecule has 1 aromatic rings. The van der Waals surface area contributed by atoms with Crippen molar-refractivity contribution in [2.24, 2.45) is 0 Å². The van der Waals surface area contributed by atoms with E-state index in [2.05, 4.69) is 4.98 Å². The van der Waals surface area contributed by atoms with E-state index in [0.717, 1.165) is 5.69 Å². The van der Waals surface area contributed by atoms with E-state index in [1.807, 2.05) is 6.92 Å². The van der Waals surface area contributed by atoms with E-state index in [9.17, 15) is 9.90 Å². The number of aromatic nitrogens is 1. The summed E-state index contributed by atoms with van der Waals surface area (Å²) in [6, 6.07) is 3.55. The predicted octanol–water partition coefficient (Wildman–Crippen LogP) is 1.38. The van der Waals surface area contributed by atoms with Gasteiger partial charge < -0.3 is 9.84 Å². The number of carbonyl (C=O) groups excluding carboxylic acids is 1. The zero-order valence-electron chi connectivity index (χ0n) is 8.93. The van der Waals surface area contributed by atoms with Crippen molar-refractivity contribution in [3.8, 4) is 0 Å². The number of ether oxygens (including phenoxy) is 1. The molecular weight excluding hydrogens is 194 g/mol. The maximum Gasteiger partial charge on any atom is 0.308 e. The summed E-state index contributed by atoms with van der Waals surface area (Å²) in [5.74, 6) is -0.398. The summed E-state index contributed by atoms with van der Waals surface area (Å²) in [6.45, 7) is 3.93. The van der Waals surface area contributed by atoms with Crippen LogP contribution in [0.15, 0.2) is 18.3 Å². The molecule has 4 heteroatoms. The zero-order chi connectivity index (χ0) is 11.3. The van der Waals surface area contributed by atoms with E-state index >= 15 is 0 Å². The predicted molar refractivity (Wildman–Crippen MR) is 55.2 cm³/mol. The monoisotopic (exact) mass is 209 g/mol. The lowest BCUT2D eigenvalue weighted by Gasteiger charge is -2.09. The number of rotatable bonds is 4. The highest BCUT2D eigenvalue weighted by atomic mass is 16.5. The second-order valence-corrected chi connectivity index (χ2v) is 3.26. The molecule has 0 saturated heterocycles. The van der Waals surface area contributed by atoms with Crippen molar-refractivity contribution >= 4 is 5.97 Å². The van der Waals surface area contributed by atoms with Crippen molar-refractivity contribution in [2.75, 3.05) is 6.61 Å². The van der Waals surface area contributed by atoms with Gasteiger partial charge in [-0.25, -0.2) is 0 Å². The van der Waals surface area contributed by atoms with Crippen molar-refractivity contribution < 1.29 is 14.6 Å². The van der Waals surface area contributed by atoms with Crippen LogP contribution in [0, 0.1) is 6.92 Å². The van der Waals surface area contributed by atoms with Crippen molar-refractivity contribution in [3.05, 3.63) is 29.6 Å². The number of aryl methyl sites for hydroxylation is 1. The Balaban J connectivity index is 2.57. The highest BCUT2D eigenvalue weighted by Gasteiger charge is 2.13. The first kappa shape index (κ1) is 11.7. The third kappa shape index (κ3) is 3.67. The van der Waals surface area contributed by atoms with Gasteiger partial charge in [-0.15, -0.1) is 0 Å². The molecule has 0 radical (unpaired) electrons. The minimum Gasteiger partial charge on any atom is -0.466 e. The third-order valence-electron chi connectivity index (χ3n) is 1.98. The SMILES string of the molecule is CCOC(=O)CC(O)c1ccc(C)nc1. The van der Waals surface area contributed by atoms with E-state index in [1.165, 1.54) is 0 Å². The maximum absolute atomic E-state index is 11.1. The Bertz CT molecular complexity index is 321. The van der Waals surface area contributed by atoms with Crippen LogP contribution in [0.3, 0.4) is 0 Å². The number of nitrogens with zero attached hydrogens (tertiary/aromatic N) is 1. The maximum atomic E-state index is 11.1. The molecule has 4 nitrogen and oxygen atoms in total. The number of hydrogen-bond acceptors (Lipinski definition) is 4. The van der Waals surface area contributed by atoms with Gasteiger partial charge in [-0.2, -0.15) is 0 Å². The fraction of sp³-hybridized carbons (Fsp3) is 0.455. The van der Waals surface area contributed by atoms with E-state index in [-0.39, 0.29) is 6.42 Å². The molecule has 1 rings (SSSR count). The van der Waals surface area contributed by atoms with Gasteiger partial charge in [0.2, 0.25) is 0 Å². The number of hydrogen-bond donors (Lipinski definition) is 1. The standard InChI is InChI=1S/C11H15NO3/c1-3-15-11(14)6-10(13)9-5-4-8(2)12-7-9/h4-5,7,10,13H,3,6H2,1-2H3. The normalized spacial score (nSPS) is 12.2. The number of carbonyl (C=O) groups is 1. The lowest BCUT2D eigenvalue weighted by Crippen LogP contribution is -2.10. The van der Waals surface area contributed by atoms with Gasteiger partial charge in [-0.1, -0.05) is 6.07 Å². The molecule has 1 aromatic heterocycles. The van der Waals surface area contributed by atoms with Crippen LogP contribution >= 0.6 is 0 Å². The quantitative estimate of drug-likeness (QED) is 0.761. The highest BCUT2D eigenvalue weighted by molar-refractivity contribution is 5.70. The Kier molecular flexibility index (Phi) is 4.24. The van der Waals surface area contributed by atoms with Crippen LogP contribution < -0.4 is 0 Å². The van der Waals surface area contributed by atoms with Gasteiger partial charge in [-0.05, 0) is 25.5 Å². The summed E-state index contributed by atoms with van der Waals surface area (Å²) in [7, 11) is 0.